The third-order valence-electron chi connectivity index (χ3n) is 1.66. The molecule has 0 aromatic heterocycles. The van der Waals surface area contributed by atoms with Crippen molar-refractivity contribution in [3.63, 3.8) is 0 Å². The molecule has 1 N–H and O–H groups in total. The lowest BCUT2D eigenvalue weighted by Crippen LogP contribution is -2.43. The quantitative estimate of drug-likeness (QED) is 0.619. The van der Waals surface area contributed by atoms with Crippen molar-refractivity contribution in [3.8, 4) is 0 Å². The smallest absolute Gasteiger partial charge is 0.0107 e. The molecule has 0 spiro atoms. The molecule has 0 unspecified atom stereocenters. The van der Waals surface area contributed by atoms with E-state index in [-0.39, 0.29) is 0 Å². The van der Waals surface area contributed by atoms with Crippen LogP contribution in [0.1, 0.15) is 27.2 Å². The summed E-state index contributed by atoms with van der Waals surface area (Å²) in [5, 5.41) is 3.31. The summed E-state index contributed by atoms with van der Waals surface area (Å²) in [5.41, 5.74) is 0. The van der Waals surface area contributed by atoms with Crippen LogP contribution in [0.4, 0.5) is 0 Å². The minimum absolute atomic E-state index is 1.17. The van der Waals surface area contributed by atoms with E-state index in [4.69, 9.17) is 0 Å². The van der Waals surface area contributed by atoms with E-state index >= 15 is 0 Å². The van der Waals surface area contributed by atoms with Crippen LogP contribution < -0.4 is 5.32 Å². The minimum atomic E-state index is 1.17. The third-order valence-corrected chi connectivity index (χ3v) is 1.66. The summed E-state index contributed by atoms with van der Waals surface area (Å²) in [6.45, 7) is 12.5. The molecule has 0 aromatic carbocycles. The van der Waals surface area contributed by atoms with Crippen LogP contribution in [0, 0.1) is 0 Å². The molecule has 0 atom stereocenters. The van der Waals surface area contributed by atoms with Gasteiger partial charge in [-0.2, -0.15) is 0 Å². The van der Waals surface area contributed by atoms with E-state index < -0.39 is 0 Å². The highest BCUT2D eigenvalue weighted by atomic mass is 15.2. The summed E-state index contributed by atoms with van der Waals surface area (Å²) in [5.74, 6) is 0. The van der Waals surface area contributed by atoms with Gasteiger partial charge >= 0.3 is 0 Å². The van der Waals surface area contributed by atoms with Gasteiger partial charge in [-0.15, -0.1) is 0 Å². The maximum absolute atomic E-state index is 3.31. The number of hydrogen-bond donors (Lipinski definition) is 1. The third kappa shape index (κ3) is 6.32. The molecule has 2 heteroatoms. The molecule has 0 radical (unpaired) electrons. The fourth-order valence-electron chi connectivity index (χ4n) is 1.03. The summed E-state index contributed by atoms with van der Waals surface area (Å²) >= 11 is 0. The molecule has 1 fully saturated rings. The van der Waals surface area contributed by atoms with Gasteiger partial charge in [0, 0.05) is 26.2 Å². The second-order valence-corrected chi connectivity index (χ2v) is 2.89. The van der Waals surface area contributed by atoms with Crippen molar-refractivity contribution in [1.82, 2.24) is 10.2 Å². The summed E-state index contributed by atoms with van der Waals surface area (Å²) in [4.78, 5) is 2.45. The van der Waals surface area contributed by atoms with Crippen molar-refractivity contribution in [2.24, 2.45) is 0 Å². The Balaban J connectivity index is 0.000000292. The largest absolute Gasteiger partial charge is 0.314 e. The Kier molecular flexibility index (Phi) is 7.96. The molecule has 1 heterocycles. The van der Waals surface area contributed by atoms with Crippen molar-refractivity contribution in [3.05, 3.63) is 0 Å². The van der Waals surface area contributed by atoms with Crippen LogP contribution in [0.2, 0.25) is 0 Å². The Bertz CT molecular complexity index is 68.0. The average Bonchev–Trinajstić information content (AvgIpc) is 2.08. The number of nitrogens with one attached hydrogen (secondary N) is 1. The minimum Gasteiger partial charge on any atom is -0.314 e. The second-order valence-electron chi connectivity index (χ2n) is 2.89. The van der Waals surface area contributed by atoms with Gasteiger partial charge in [-0.3, -0.25) is 0 Å². The van der Waals surface area contributed by atoms with E-state index in [1.807, 2.05) is 0 Å². The number of nitrogens with zero attached hydrogens (tertiary/aromatic N) is 1. The standard InChI is InChI=1S/C6H14N2.C3H8/c1-2-8-5-3-7-4-6-8;1-3-2/h7H,2-6H2,1H3;3H2,1-2H3. The molecule has 0 bridgehead atoms. The highest BCUT2D eigenvalue weighted by Crippen LogP contribution is 1.88. The summed E-state index contributed by atoms with van der Waals surface area (Å²) in [6.07, 6.45) is 1.25. The normalized spacial score (nSPS) is 18.8. The van der Waals surface area contributed by atoms with Gasteiger partial charge in [0.1, 0.15) is 0 Å². The number of piperazine rings is 1. The van der Waals surface area contributed by atoms with Crippen LogP contribution in [0.15, 0.2) is 0 Å². The molecule has 0 saturated carbocycles. The van der Waals surface area contributed by atoms with Gasteiger partial charge in [0.2, 0.25) is 0 Å². The Hall–Kier alpha value is -0.0800. The first kappa shape index (κ1) is 10.9. The number of likely N-dealkylation sites (N-methyl/N-ethyl adjacent to an activating group) is 1. The molecule has 2 nitrogen and oxygen atoms in total. The van der Waals surface area contributed by atoms with E-state index in [1.54, 1.807) is 0 Å². The van der Waals surface area contributed by atoms with Gasteiger partial charge < -0.3 is 10.2 Å². The molecule has 68 valence electrons. The fourth-order valence-corrected chi connectivity index (χ4v) is 1.03. The summed E-state index contributed by atoms with van der Waals surface area (Å²) in [6, 6.07) is 0. The number of rotatable bonds is 1. The molecule has 1 rings (SSSR count). The zero-order valence-electron chi connectivity index (χ0n) is 8.19. The van der Waals surface area contributed by atoms with Gasteiger partial charge in [-0.25, -0.2) is 0 Å². The molecule has 1 aliphatic heterocycles. The predicted octanol–water partition coefficient (Wildman–Crippen LogP) is 1.33. The maximum Gasteiger partial charge on any atom is 0.0107 e. The van der Waals surface area contributed by atoms with Gasteiger partial charge in [0.05, 0.1) is 0 Å². The SMILES string of the molecule is CCC.CCN1CCNCC1. The van der Waals surface area contributed by atoms with E-state index in [0.717, 1.165) is 0 Å². The van der Waals surface area contributed by atoms with Gasteiger partial charge in [0.15, 0.2) is 0 Å². The Morgan fingerprint density at radius 1 is 1.09 bits per heavy atom. The van der Waals surface area contributed by atoms with Crippen LogP contribution in [-0.2, 0) is 0 Å². The van der Waals surface area contributed by atoms with E-state index in [9.17, 15) is 0 Å². The molecule has 1 saturated heterocycles. The molecule has 0 aliphatic carbocycles. The Morgan fingerprint density at radius 3 is 1.82 bits per heavy atom. The highest BCUT2D eigenvalue weighted by Gasteiger charge is 2.04. The Morgan fingerprint density at radius 2 is 1.55 bits per heavy atom. The molecule has 0 amide bonds. The van der Waals surface area contributed by atoms with Crippen molar-refractivity contribution in [2.75, 3.05) is 32.7 Å². The van der Waals surface area contributed by atoms with Crippen molar-refractivity contribution >= 4 is 0 Å². The topological polar surface area (TPSA) is 15.3 Å². The van der Waals surface area contributed by atoms with Crippen LogP contribution in [-0.4, -0.2) is 37.6 Å². The average molecular weight is 158 g/mol. The lowest BCUT2D eigenvalue weighted by molar-refractivity contribution is 0.253. The highest BCUT2D eigenvalue weighted by molar-refractivity contribution is 4.64. The van der Waals surface area contributed by atoms with Crippen LogP contribution in [0.3, 0.4) is 0 Å². The monoisotopic (exact) mass is 158 g/mol. The van der Waals surface area contributed by atoms with Gasteiger partial charge in [-0.1, -0.05) is 27.2 Å². The van der Waals surface area contributed by atoms with E-state index in [1.165, 1.54) is 39.1 Å². The molecule has 11 heavy (non-hydrogen) atoms. The molecular formula is C9H22N2. The summed E-state index contributed by atoms with van der Waals surface area (Å²) < 4.78 is 0. The molecule has 0 aromatic rings. The Labute approximate surface area is 71.0 Å². The van der Waals surface area contributed by atoms with E-state index in [0.29, 0.717) is 0 Å². The molecular weight excluding hydrogens is 136 g/mol. The summed E-state index contributed by atoms with van der Waals surface area (Å²) in [7, 11) is 0. The predicted molar refractivity (Wildman–Crippen MR) is 50.9 cm³/mol. The van der Waals surface area contributed by atoms with Crippen LogP contribution in [0.5, 0.6) is 0 Å². The first-order valence-electron chi connectivity index (χ1n) is 4.78. The van der Waals surface area contributed by atoms with Crippen molar-refractivity contribution in [1.29, 1.82) is 0 Å². The second kappa shape index (κ2) is 8.02. The fraction of sp³-hybridized carbons (Fsp3) is 1.00. The van der Waals surface area contributed by atoms with Gasteiger partial charge in [-0.05, 0) is 6.54 Å². The number of hydrogen-bond acceptors (Lipinski definition) is 2. The van der Waals surface area contributed by atoms with Crippen LogP contribution >= 0.6 is 0 Å². The van der Waals surface area contributed by atoms with Crippen LogP contribution in [0.25, 0.3) is 0 Å². The first-order chi connectivity index (χ1) is 5.35. The lowest BCUT2D eigenvalue weighted by Gasteiger charge is -2.25. The molecule has 1 aliphatic rings. The first-order valence-corrected chi connectivity index (χ1v) is 4.78. The van der Waals surface area contributed by atoms with Crippen molar-refractivity contribution in [2.45, 2.75) is 27.2 Å². The zero-order chi connectivity index (χ0) is 8.53. The zero-order valence-corrected chi connectivity index (χ0v) is 8.19. The van der Waals surface area contributed by atoms with Gasteiger partial charge in [0.25, 0.3) is 0 Å². The van der Waals surface area contributed by atoms with Crippen molar-refractivity contribution < 1.29 is 0 Å². The van der Waals surface area contributed by atoms with E-state index in [2.05, 4.69) is 31.0 Å². The maximum atomic E-state index is 3.31. The lowest BCUT2D eigenvalue weighted by atomic mass is 10.4.